The number of nitrogens with zero attached hydrogens (tertiary/aromatic N) is 2. The van der Waals surface area contributed by atoms with Crippen LogP contribution in [0.1, 0.15) is 73.8 Å². The van der Waals surface area contributed by atoms with Crippen LogP contribution < -0.4 is 15.5 Å². The molecule has 6 heteroatoms. The predicted octanol–water partition coefficient (Wildman–Crippen LogP) is 5.05. The van der Waals surface area contributed by atoms with E-state index in [1.54, 1.807) is 4.90 Å². The number of aromatic nitrogens is 1. The molecular formula is C25H34N4O2. The molecule has 3 heterocycles. The van der Waals surface area contributed by atoms with Crippen LogP contribution >= 0.6 is 0 Å². The van der Waals surface area contributed by atoms with Crippen molar-refractivity contribution in [3.8, 4) is 0 Å². The largest absolute Gasteiger partial charge is 0.345 e. The van der Waals surface area contributed by atoms with Gasteiger partial charge in [-0.1, -0.05) is 37.8 Å². The lowest BCUT2D eigenvalue weighted by Gasteiger charge is -2.24. The summed E-state index contributed by atoms with van der Waals surface area (Å²) in [7, 11) is 1.85. The molecule has 2 aliphatic rings. The minimum Gasteiger partial charge on any atom is -0.345 e. The van der Waals surface area contributed by atoms with Crippen molar-refractivity contribution in [2.75, 3.05) is 16.8 Å². The van der Waals surface area contributed by atoms with E-state index >= 15 is 0 Å². The van der Waals surface area contributed by atoms with Crippen molar-refractivity contribution in [1.82, 2.24) is 9.88 Å². The molecule has 6 nitrogen and oxygen atoms in total. The Kier molecular flexibility index (Phi) is 6.76. The summed E-state index contributed by atoms with van der Waals surface area (Å²) in [6.07, 6.45) is 11.9. The first kappa shape index (κ1) is 21.6. The van der Waals surface area contributed by atoms with Gasteiger partial charge in [-0.2, -0.15) is 0 Å². The van der Waals surface area contributed by atoms with Crippen LogP contribution in [0.15, 0.2) is 30.5 Å². The Morgan fingerprint density at radius 2 is 1.97 bits per heavy atom. The Hall–Kier alpha value is -2.60. The van der Waals surface area contributed by atoms with Gasteiger partial charge in [-0.3, -0.25) is 14.5 Å². The second kappa shape index (κ2) is 9.69. The van der Waals surface area contributed by atoms with Crippen molar-refractivity contribution in [2.24, 2.45) is 7.05 Å². The van der Waals surface area contributed by atoms with Crippen molar-refractivity contribution in [2.45, 2.75) is 70.8 Å². The van der Waals surface area contributed by atoms with Gasteiger partial charge in [-0.15, -0.1) is 0 Å². The van der Waals surface area contributed by atoms with Gasteiger partial charge in [0.15, 0.2) is 0 Å². The van der Waals surface area contributed by atoms with Gasteiger partial charge in [-0.05, 0) is 56.8 Å². The number of amides is 2. The Labute approximate surface area is 185 Å². The van der Waals surface area contributed by atoms with Gasteiger partial charge in [0.1, 0.15) is 5.69 Å². The predicted molar refractivity (Wildman–Crippen MR) is 125 cm³/mol. The minimum atomic E-state index is -0.177. The molecule has 1 fully saturated rings. The lowest BCUT2D eigenvalue weighted by Crippen LogP contribution is -2.28. The molecule has 1 aromatic heterocycles. The summed E-state index contributed by atoms with van der Waals surface area (Å²) >= 11 is 0. The van der Waals surface area contributed by atoms with E-state index in [-0.39, 0.29) is 11.8 Å². The third kappa shape index (κ3) is 4.69. The zero-order valence-electron chi connectivity index (χ0n) is 18.7. The number of para-hydroxylation sites is 2. The summed E-state index contributed by atoms with van der Waals surface area (Å²) in [6.45, 7) is 3.10. The average Bonchev–Trinajstić information content (AvgIpc) is 2.93. The molecule has 0 radical (unpaired) electrons. The summed E-state index contributed by atoms with van der Waals surface area (Å²) in [5, 5.41) is 6.63. The van der Waals surface area contributed by atoms with Crippen LogP contribution in [0, 0.1) is 6.92 Å². The van der Waals surface area contributed by atoms with Crippen LogP contribution in [0.25, 0.3) is 0 Å². The molecule has 2 amide bonds. The highest BCUT2D eigenvalue weighted by molar-refractivity contribution is 6.17. The summed E-state index contributed by atoms with van der Waals surface area (Å²) in [5.74, 6) is -0.128. The second-order valence-electron chi connectivity index (χ2n) is 8.92. The molecule has 31 heavy (non-hydrogen) atoms. The topological polar surface area (TPSA) is 66.4 Å². The van der Waals surface area contributed by atoms with Gasteiger partial charge < -0.3 is 15.2 Å². The van der Waals surface area contributed by atoms with Crippen LogP contribution in [-0.2, 0) is 11.8 Å². The van der Waals surface area contributed by atoms with Crippen LogP contribution in [0.2, 0.25) is 0 Å². The fraction of sp³-hybridized carbons (Fsp3) is 0.520. The molecule has 0 aliphatic carbocycles. The van der Waals surface area contributed by atoms with Crippen molar-refractivity contribution in [3.05, 3.63) is 41.7 Å². The number of hydrogen-bond donors (Lipinski definition) is 2. The molecule has 1 aromatic carbocycles. The van der Waals surface area contributed by atoms with E-state index in [2.05, 4.69) is 10.6 Å². The summed E-state index contributed by atoms with van der Waals surface area (Å²) in [6, 6.07) is 8.20. The molecule has 1 saturated heterocycles. The molecule has 0 spiro atoms. The van der Waals surface area contributed by atoms with Crippen LogP contribution in [-0.4, -0.2) is 29.0 Å². The lowest BCUT2D eigenvalue weighted by molar-refractivity contribution is -0.118. The number of benzene rings is 1. The number of carbonyl (C=O) groups excluding carboxylic acids is 2. The summed E-state index contributed by atoms with van der Waals surface area (Å²) < 4.78 is 1.81. The molecule has 0 saturated carbocycles. The number of aryl methyl sites for hydroxylation is 2. The zero-order valence-corrected chi connectivity index (χ0v) is 18.7. The van der Waals surface area contributed by atoms with Crippen molar-refractivity contribution >= 4 is 28.9 Å². The summed E-state index contributed by atoms with van der Waals surface area (Å²) in [4.78, 5) is 28.0. The Balaban J connectivity index is 1.45. The maximum absolute atomic E-state index is 13.4. The fourth-order valence-corrected chi connectivity index (χ4v) is 4.96. The number of rotatable bonds is 6. The molecule has 4 rings (SSSR count). The number of carbonyl (C=O) groups is 2. The van der Waals surface area contributed by atoms with Gasteiger partial charge >= 0.3 is 0 Å². The number of fused-ring (bicyclic) bond motifs is 2. The Morgan fingerprint density at radius 3 is 2.84 bits per heavy atom. The molecule has 166 valence electrons. The van der Waals surface area contributed by atoms with Crippen LogP contribution in [0.4, 0.5) is 17.1 Å². The standard InChI is InChI=1S/C25H34N4O2/c1-18-17-28(2)24-23(18)29(21-14-9-8-13-20(21)27-25(24)31)22(30)15-7-3-5-11-19-12-6-4-10-16-26-19/h8-9,13-14,17,19,26H,3-7,10-12,15-16H2,1-2H3,(H,27,31). The van der Waals surface area contributed by atoms with Gasteiger partial charge in [0.2, 0.25) is 5.91 Å². The van der Waals surface area contributed by atoms with E-state index in [4.69, 9.17) is 0 Å². The quantitative estimate of drug-likeness (QED) is 0.641. The molecule has 2 aromatic rings. The van der Waals surface area contributed by atoms with Crippen molar-refractivity contribution in [3.63, 3.8) is 0 Å². The number of unbranched alkanes of at least 4 members (excludes halogenated alkanes) is 2. The molecule has 1 atom stereocenters. The van der Waals surface area contributed by atoms with Crippen LogP contribution in [0.3, 0.4) is 0 Å². The molecule has 1 unspecified atom stereocenters. The van der Waals surface area contributed by atoms with Crippen molar-refractivity contribution < 1.29 is 9.59 Å². The highest BCUT2D eigenvalue weighted by Gasteiger charge is 2.32. The highest BCUT2D eigenvalue weighted by Crippen LogP contribution is 2.40. The van der Waals surface area contributed by atoms with Gasteiger partial charge in [0.25, 0.3) is 5.91 Å². The first-order valence-electron chi connectivity index (χ1n) is 11.7. The van der Waals surface area contributed by atoms with Gasteiger partial charge in [-0.25, -0.2) is 0 Å². The zero-order chi connectivity index (χ0) is 21.8. The maximum atomic E-state index is 13.4. The smallest absolute Gasteiger partial charge is 0.274 e. The van der Waals surface area contributed by atoms with E-state index in [1.807, 2.05) is 49.0 Å². The van der Waals surface area contributed by atoms with Gasteiger partial charge in [0, 0.05) is 25.7 Å². The summed E-state index contributed by atoms with van der Waals surface area (Å²) in [5.41, 5.74) is 3.59. The Bertz CT molecular complexity index is 941. The monoisotopic (exact) mass is 422 g/mol. The minimum absolute atomic E-state index is 0.0482. The number of hydrogen-bond acceptors (Lipinski definition) is 3. The molecule has 0 bridgehead atoms. The SMILES string of the molecule is Cc1cn(C)c2c1N(C(=O)CCCCCC1CCCCCN1)c1ccccc1NC2=O. The fourth-order valence-electron chi connectivity index (χ4n) is 4.96. The molecule has 2 N–H and O–H groups in total. The third-order valence-electron chi connectivity index (χ3n) is 6.52. The molecular weight excluding hydrogens is 388 g/mol. The number of nitrogens with one attached hydrogen (secondary N) is 2. The van der Waals surface area contributed by atoms with E-state index in [1.165, 1.54) is 32.1 Å². The number of anilines is 3. The Morgan fingerprint density at radius 1 is 1.13 bits per heavy atom. The van der Waals surface area contributed by atoms with Gasteiger partial charge in [0.05, 0.1) is 17.1 Å². The first-order chi connectivity index (χ1) is 15.1. The van der Waals surface area contributed by atoms with E-state index in [0.717, 1.165) is 37.1 Å². The first-order valence-corrected chi connectivity index (χ1v) is 11.7. The maximum Gasteiger partial charge on any atom is 0.274 e. The lowest BCUT2D eigenvalue weighted by atomic mass is 10.0. The average molecular weight is 423 g/mol. The third-order valence-corrected chi connectivity index (χ3v) is 6.52. The second-order valence-corrected chi connectivity index (χ2v) is 8.92. The van der Waals surface area contributed by atoms with E-state index in [0.29, 0.717) is 29.5 Å². The van der Waals surface area contributed by atoms with Crippen molar-refractivity contribution in [1.29, 1.82) is 0 Å². The van der Waals surface area contributed by atoms with Crippen LogP contribution in [0.5, 0.6) is 0 Å². The normalized spacial score (nSPS) is 18.6. The van der Waals surface area contributed by atoms with E-state index in [9.17, 15) is 9.59 Å². The molecule has 2 aliphatic heterocycles. The van der Waals surface area contributed by atoms with E-state index < -0.39 is 0 Å². The highest BCUT2D eigenvalue weighted by atomic mass is 16.2.